The highest BCUT2D eigenvalue weighted by atomic mass is 16.8. The summed E-state index contributed by atoms with van der Waals surface area (Å²) >= 11 is 0. The number of aliphatic hydroxyl groups excluding tert-OH is 12. The molecule has 13 N–H and O–H groups in total. The Morgan fingerprint density at radius 2 is 1.20 bits per heavy atom. The summed E-state index contributed by atoms with van der Waals surface area (Å²) < 4.78 is 48.1. The van der Waals surface area contributed by atoms with Crippen molar-refractivity contribution in [1.82, 2.24) is 0 Å². The summed E-state index contributed by atoms with van der Waals surface area (Å²) in [5.74, 6) is -2.22. The van der Waals surface area contributed by atoms with Gasteiger partial charge in [0.25, 0.3) is 0 Å². The maximum Gasteiger partial charge on any atom is 0.335 e. The van der Waals surface area contributed by atoms with Crippen LogP contribution in [0.2, 0.25) is 0 Å². The zero-order chi connectivity index (χ0) is 55.6. The van der Waals surface area contributed by atoms with E-state index in [9.17, 15) is 76.0 Å². The minimum Gasteiger partial charge on any atom is -0.479 e. The number of ether oxygens (including phenoxy) is 8. The van der Waals surface area contributed by atoms with Gasteiger partial charge in [-0.15, -0.1) is 0 Å². The summed E-state index contributed by atoms with van der Waals surface area (Å²) in [6.45, 7) is 13.7. The molecule has 4 heterocycles. The van der Waals surface area contributed by atoms with Gasteiger partial charge >= 0.3 is 11.9 Å². The topological polar surface area (TPSA) is 371 Å². The van der Waals surface area contributed by atoms with Gasteiger partial charge in [0.2, 0.25) is 6.29 Å². The number of carbonyl (C=O) groups excluding carboxylic acids is 1. The Hall–Kier alpha value is -2.08. The van der Waals surface area contributed by atoms with Crippen molar-refractivity contribution in [2.75, 3.05) is 19.8 Å². The first-order valence-corrected chi connectivity index (χ1v) is 27.2. The summed E-state index contributed by atoms with van der Waals surface area (Å²) in [4.78, 5) is 27.6. The van der Waals surface area contributed by atoms with E-state index < -0.39 is 165 Å². The average Bonchev–Trinajstić information content (AvgIpc) is 3.53. The molecule has 0 amide bonds. The van der Waals surface area contributed by atoms with E-state index in [1.54, 1.807) is 0 Å². The van der Waals surface area contributed by atoms with Gasteiger partial charge in [-0.2, -0.15) is 0 Å². The van der Waals surface area contributed by atoms with Gasteiger partial charge in [-0.25, -0.2) is 4.79 Å². The molecule has 27 atom stereocenters. The number of aliphatic hydroxyl groups is 12. The lowest BCUT2D eigenvalue weighted by Gasteiger charge is -2.71. The Labute approximate surface area is 442 Å². The molecule has 0 aromatic rings. The maximum atomic E-state index is 14.8. The lowest BCUT2D eigenvalue weighted by atomic mass is 9.33. The van der Waals surface area contributed by atoms with Crippen LogP contribution in [0.15, 0.2) is 11.6 Å². The molecule has 4 saturated carbocycles. The van der Waals surface area contributed by atoms with Gasteiger partial charge in [-0.3, -0.25) is 4.79 Å². The molecule has 4 saturated heterocycles. The Morgan fingerprint density at radius 1 is 0.605 bits per heavy atom. The molecule has 0 aromatic carbocycles. The van der Waals surface area contributed by atoms with Gasteiger partial charge in [-0.05, 0) is 109 Å². The highest BCUT2D eigenvalue weighted by molar-refractivity contribution is 5.79. The number of carboxylic acids is 1. The summed E-state index contributed by atoms with van der Waals surface area (Å²) in [5, 5.41) is 138. The van der Waals surface area contributed by atoms with E-state index in [4.69, 9.17) is 37.9 Å². The molecule has 434 valence electrons. The molecule has 23 nitrogen and oxygen atoms in total. The number of aliphatic carboxylic acids is 1. The van der Waals surface area contributed by atoms with Crippen LogP contribution in [-0.4, -0.2) is 221 Å². The first-order valence-electron chi connectivity index (χ1n) is 27.2. The predicted octanol–water partition coefficient (Wildman–Crippen LogP) is -1.30. The number of hydrogen-bond acceptors (Lipinski definition) is 22. The zero-order valence-electron chi connectivity index (χ0n) is 44.4. The second-order valence-electron chi connectivity index (χ2n) is 25.9. The molecule has 76 heavy (non-hydrogen) atoms. The quantitative estimate of drug-likeness (QED) is 0.0649. The van der Waals surface area contributed by atoms with Gasteiger partial charge < -0.3 is 104 Å². The number of fused-ring (bicyclic) bond motifs is 7. The monoisotopic (exact) mass is 1090 g/mol. The predicted molar refractivity (Wildman–Crippen MR) is 257 cm³/mol. The molecular weight excluding hydrogens is 1000 g/mol. The largest absolute Gasteiger partial charge is 0.479 e. The van der Waals surface area contributed by atoms with Crippen molar-refractivity contribution in [1.29, 1.82) is 0 Å². The van der Waals surface area contributed by atoms with Crippen LogP contribution in [0.4, 0.5) is 0 Å². The fourth-order valence-corrected chi connectivity index (χ4v) is 16.2. The molecule has 0 spiro atoms. The van der Waals surface area contributed by atoms with E-state index in [-0.39, 0.29) is 39.4 Å². The Morgan fingerprint density at radius 3 is 1.83 bits per heavy atom. The van der Waals surface area contributed by atoms with Crippen molar-refractivity contribution in [3.05, 3.63) is 11.6 Å². The Balaban J connectivity index is 0.996. The molecule has 0 aromatic heterocycles. The fraction of sp³-hybridized carbons (Fsp3) is 0.925. The second kappa shape index (κ2) is 21.0. The molecule has 4 aliphatic heterocycles. The van der Waals surface area contributed by atoms with Crippen molar-refractivity contribution < 1.29 is 114 Å². The van der Waals surface area contributed by atoms with Crippen LogP contribution < -0.4 is 0 Å². The molecule has 5 aliphatic carbocycles. The lowest BCUT2D eigenvalue weighted by molar-refractivity contribution is -0.391. The minimum absolute atomic E-state index is 0.00491. The molecule has 8 fully saturated rings. The van der Waals surface area contributed by atoms with Crippen molar-refractivity contribution >= 4 is 11.9 Å². The van der Waals surface area contributed by atoms with Crippen LogP contribution in [0, 0.1) is 50.2 Å². The van der Waals surface area contributed by atoms with Crippen molar-refractivity contribution in [3.63, 3.8) is 0 Å². The van der Waals surface area contributed by atoms with E-state index >= 15 is 0 Å². The minimum atomic E-state index is -2.10. The standard InChI is InChI=1S/C53H84O23/c1-48(2)14-16-53(47(68)76-45-37(64)34(61)32(59)26(20-55)71-45)17-15-51(6)22(23(53)18-48)8-9-28-50(5)12-11-29(49(3,4)27(50)10-13-52(28,51)7)72-46-41(75-43-35(62)30(57)24(56)21-69-43)39(38(65)40(74-46)42(66)67)73-44-36(63)33(60)31(58)25(19-54)70-44/h8,23-41,43-46,54-65H,9-21H2,1-7H3,(H,66,67)/t23-,24+,25+,26+,27-,28+,29-,30-,31-,32-,33-,34-,35+,36+,37+,38-,39-,40-,41+,43-,44-,45-,46+,50-,51+,52+,53-/m0/s1. The summed E-state index contributed by atoms with van der Waals surface area (Å²) in [6, 6.07) is 0. The van der Waals surface area contributed by atoms with Gasteiger partial charge in [0.15, 0.2) is 25.0 Å². The number of hydrogen-bond donors (Lipinski definition) is 13. The maximum absolute atomic E-state index is 14.8. The van der Waals surface area contributed by atoms with Crippen LogP contribution in [0.5, 0.6) is 0 Å². The van der Waals surface area contributed by atoms with Gasteiger partial charge in [0.05, 0.1) is 31.3 Å². The second-order valence-corrected chi connectivity index (χ2v) is 25.9. The van der Waals surface area contributed by atoms with Gasteiger partial charge in [-0.1, -0.05) is 60.1 Å². The molecule has 0 unspecified atom stereocenters. The highest BCUT2D eigenvalue weighted by Gasteiger charge is 2.70. The van der Waals surface area contributed by atoms with Gasteiger partial charge in [0.1, 0.15) is 85.5 Å². The van der Waals surface area contributed by atoms with Gasteiger partial charge in [0, 0.05) is 0 Å². The van der Waals surface area contributed by atoms with Crippen LogP contribution in [0.3, 0.4) is 0 Å². The van der Waals surface area contributed by atoms with Crippen molar-refractivity contribution in [3.8, 4) is 0 Å². The zero-order valence-corrected chi connectivity index (χ0v) is 44.4. The van der Waals surface area contributed by atoms with Crippen LogP contribution in [0.25, 0.3) is 0 Å². The number of esters is 1. The Kier molecular flexibility index (Phi) is 16.2. The van der Waals surface area contributed by atoms with Crippen LogP contribution in [-0.2, 0) is 47.5 Å². The number of rotatable bonds is 11. The van der Waals surface area contributed by atoms with Crippen molar-refractivity contribution in [2.24, 2.45) is 50.2 Å². The summed E-state index contributed by atoms with van der Waals surface area (Å²) in [5.41, 5.74) is -1.43. The smallest absolute Gasteiger partial charge is 0.335 e. The normalized spacial score (nSPS) is 52.9. The number of allylic oxidation sites excluding steroid dienone is 2. The molecule has 0 bridgehead atoms. The third-order valence-electron chi connectivity index (χ3n) is 21.0. The van der Waals surface area contributed by atoms with Crippen molar-refractivity contribution in [2.45, 2.75) is 235 Å². The lowest BCUT2D eigenvalue weighted by Crippen LogP contribution is -2.68. The van der Waals surface area contributed by atoms with E-state index in [0.29, 0.717) is 44.9 Å². The molecule has 9 aliphatic rings. The average molecular weight is 1090 g/mol. The van der Waals surface area contributed by atoms with E-state index in [2.05, 4.69) is 54.5 Å². The third kappa shape index (κ3) is 9.42. The van der Waals surface area contributed by atoms with E-state index in [0.717, 1.165) is 19.3 Å². The fourth-order valence-electron chi connectivity index (χ4n) is 16.2. The molecule has 0 radical (unpaired) electrons. The summed E-state index contributed by atoms with van der Waals surface area (Å²) in [6.07, 6.45) is -25.0. The molecule has 9 rings (SSSR count). The van der Waals surface area contributed by atoms with Crippen LogP contribution >= 0.6 is 0 Å². The first-order chi connectivity index (χ1) is 35.5. The Bertz CT molecular complexity index is 2140. The number of carbonyl (C=O) groups is 2. The molecular formula is C53H84O23. The van der Waals surface area contributed by atoms with Crippen LogP contribution in [0.1, 0.15) is 113 Å². The number of carboxylic acid groups (broad SMARTS) is 1. The molecule has 23 heteroatoms. The van der Waals surface area contributed by atoms with E-state index in [1.807, 2.05) is 0 Å². The SMILES string of the molecule is CC1(C)CC[C@]2(C(=O)O[C@@H]3O[C@H](CO)[C@H](O)[C@H](O)[C@H]3O)CC[C@]3(C)C(=CC[C@@H]4[C@@]5(C)CC[C@H](O[C@@H]6O[C@H](C(=O)O)[C@@H](O)[C@H](O[C@@H]7O[C@H](CO)[C@H](O)[C@H](O)[C@H]7O)[C@H]6O[C@@H]6OC[C@@H](O)[C@H](O)[C@H]6O)C(C)(C)[C@@H]5CC[C@]43C)[C@@H]2C1. The third-order valence-corrected chi connectivity index (χ3v) is 21.0. The first kappa shape index (κ1) is 58.6. The highest BCUT2D eigenvalue weighted by Crippen LogP contribution is 2.76. The summed E-state index contributed by atoms with van der Waals surface area (Å²) in [7, 11) is 0. The van der Waals surface area contributed by atoms with E-state index in [1.165, 1.54) is 5.57 Å².